The van der Waals surface area contributed by atoms with Gasteiger partial charge < -0.3 is 4.74 Å². The third kappa shape index (κ3) is 2.70. The van der Waals surface area contributed by atoms with Crippen LogP contribution < -0.4 is 4.74 Å². The van der Waals surface area contributed by atoms with Gasteiger partial charge in [-0.3, -0.25) is 0 Å². The summed E-state index contributed by atoms with van der Waals surface area (Å²) in [5.41, 5.74) is 3.06. The van der Waals surface area contributed by atoms with Crippen LogP contribution in [0.5, 0.6) is 5.75 Å². The maximum Gasteiger partial charge on any atom is 0.345 e. The number of carbonyl (C=O) groups excluding carboxylic acids is 1. The molecule has 2 nitrogen and oxygen atoms in total. The zero-order valence-corrected chi connectivity index (χ0v) is 11.8. The number of carbonyl (C=O) groups is 1. The number of esters is 1. The summed E-state index contributed by atoms with van der Waals surface area (Å²) in [5, 5.41) is 0.412. The molecule has 1 aliphatic rings. The van der Waals surface area contributed by atoms with Gasteiger partial charge in [0.2, 0.25) is 0 Å². The molecule has 0 aliphatic heterocycles. The number of rotatable bonds is 2. The van der Waals surface area contributed by atoms with Crippen LogP contribution >= 0.6 is 11.6 Å². The van der Waals surface area contributed by atoms with E-state index in [0.717, 1.165) is 12.8 Å². The highest BCUT2D eigenvalue weighted by atomic mass is 35.5. The van der Waals surface area contributed by atoms with E-state index in [2.05, 4.69) is 6.07 Å². The molecule has 0 spiro atoms. The fraction of sp³-hybridized carbons (Fsp3) is 0.235. The van der Waals surface area contributed by atoms with Gasteiger partial charge in [-0.15, -0.1) is 0 Å². The maximum atomic E-state index is 12.1. The molecule has 0 heterocycles. The van der Waals surface area contributed by atoms with Gasteiger partial charge >= 0.3 is 5.97 Å². The summed E-state index contributed by atoms with van der Waals surface area (Å²) >= 11 is 6.00. The zero-order chi connectivity index (χ0) is 13.9. The monoisotopic (exact) mass is 286 g/mol. The van der Waals surface area contributed by atoms with Crippen LogP contribution in [0.4, 0.5) is 0 Å². The van der Waals surface area contributed by atoms with E-state index in [9.17, 15) is 4.79 Å². The van der Waals surface area contributed by atoms with Crippen molar-refractivity contribution in [1.82, 2.24) is 0 Å². The number of hydrogen-bond acceptors (Lipinski definition) is 2. The number of halogens is 1. The molecule has 0 fully saturated rings. The second kappa shape index (κ2) is 5.68. The van der Waals surface area contributed by atoms with Crippen molar-refractivity contribution in [3.05, 3.63) is 64.2 Å². The molecule has 20 heavy (non-hydrogen) atoms. The molecule has 0 bridgehead atoms. The lowest BCUT2D eigenvalue weighted by Crippen LogP contribution is -2.10. The molecule has 0 atom stereocenters. The SMILES string of the molecule is O=C(Oc1ccc2c(c1)CCCC2)c1ccccc1Cl. The lowest BCUT2D eigenvalue weighted by atomic mass is 9.92. The van der Waals surface area contributed by atoms with Crippen molar-refractivity contribution in [2.75, 3.05) is 0 Å². The third-order valence-electron chi connectivity index (χ3n) is 3.62. The quantitative estimate of drug-likeness (QED) is 0.603. The Kier molecular flexibility index (Phi) is 3.75. The first kappa shape index (κ1) is 13.2. The molecule has 3 heteroatoms. The van der Waals surface area contributed by atoms with Crippen molar-refractivity contribution in [2.45, 2.75) is 25.7 Å². The first-order valence-electron chi connectivity index (χ1n) is 6.82. The number of benzene rings is 2. The van der Waals surface area contributed by atoms with E-state index in [4.69, 9.17) is 16.3 Å². The minimum Gasteiger partial charge on any atom is -0.423 e. The van der Waals surface area contributed by atoms with Crippen LogP contribution in [0.1, 0.15) is 34.3 Å². The fourth-order valence-electron chi connectivity index (χ4n) is 2.56. The number of fused-ring (bicyclic) bond motifs is 1. The summed E-state index contributed by atoms with van der Waals surface area (Å²) in [4.78, 5) is 12.1. The predicted octanol–water partition coefficient (Wildman–Crippen LogP) is 4.44. The van der Waals surface area contributed by atoms with Gasteiger partial charge in [-0.2, -0.15) is 0 Å². The Morgan fingerprint density at radius 3 is 2.55 bits per heavy atom. The highest BCUT2D eigenvalue weighted by molar-refractivity contribution is 6.33. The van der Waals surface area contributed by atoms with Crippen LogP contribution in [0.25, 0.3) is 0 Å². The first-order valence-corrected chi connectivity index (χ1v) is 7.20. The van der Waals surface area contributed by atoms with Gasteiger partial charge in [0, 0.05) is 0 Å². The topological polar surface area (TPSA) is 26.3 Å². The normalized spacial score (nSPS) is 13.7. The third-order valence-corrected chi connectivity index (χ3v) is 3.95. The molecule has 0 saturated carbocycles. The summed E-state index contributed by atoms with van der Waals surface area (Å²) in [5.74, 6) is 0.182. The largest absolute Gasteiger partial charge is 0.423 e. The highest BCUT2D eigenvalue weighted by Crippen LogP contribution is 2.26. The Bertz CT molecular complexity index is 649. The minimum atomic E-state index is -0.411. The van der Waals surface area contributed by atoms with E-state index in [1.54, 1.807) is 24.3 Å². The maximum absolute atomic E-state index is 12.1. The molecule has 0 radical (unpaired) electrons. The van der Waals surface area contributed by atoms with Crippen molar-refractivity contribution in [1.29, 1.82) is 0 Å². The van der Waals surface area contributed by atoms with Crippen LogP contribution in [-0.4, -0.2) is 5.97 Å². The average molecular weight is 287 g/mol. The Hall–Kier alpha value is -1.80. The molecule has 102 valence electrons. The van der Waals surface area contributed by atoms with Crippen molar-refractivity contribution in [3.8, 4) is 5.75 Å². The Morgan fingerprint density at radius 2 is 1.75 bits per heavy atom. The molecule has 0 N–H and O–H groups in total. The predicted molar refractivity (Wildman–Crippen MR) is 79.5 cm³/mol. The molecule has 0 unspecified atom stereocenters. The van der Waals surface area contributed by atoms with Gasteiger partial charge in [-0.1, -0.05) is 29.8 Å². The highest BCUT2D eigenvalue weighted by Gasteiger charge is 2.14. The van der Waals surface area contributed by atoms with Gasteiger partial charge in [0.15, 0.2) is 0 Å². The molecular weight excluding hydrogens is 272 g/mol. The molecule has 0 saturated heterocycles. The van der Waals surface area contributed by atoms with Crippen LogP contribution in [0, 0.1) is 0 Å². The summed E-state index contributed by atoms with van der Waals surface area (Å²) < 4.78 is 5.42. The van der Waals surface area contributed by atoms with Crippen LogP contribution in [0.2, 0.25) is 5.02 Å². The molecule has 3 rings (SSSR count). The zero-order valence-electron chi connectivity index (χ0n) is 11.1. The van der Waals surface area contributed by atoms with Gasteiger partial charge in [-0.25, -0.2) is 4.79 Å². The Morgan fingerprint density at radius 1 is 1.00 bits per heavy atom. The van der Waals surface area contributed by atoms with E-state index in [-0.39, 0.29) is 0 Å². The summed E-state index contributed by atoms with van der Waals surface area (Å²) in [6.07, 6.45) is 4.63. The molecular formula is C17H15ClO2. The van der Waals surface area contributed by atoms with Crippen LogP contribution in [-0.2, 0) is 12.8 Å². The minimum absolute atomic E-state index is 0.395. The van der Waals surface area contributed by atoms with Gasteiger partial charge in [0.1, 0.15) is 5.75 Å². The Balaban J connectivity index is 1.81. The smallest absolute Gasteiger partial charge is 0.345 e. The van der Waals surface area contributed by atoms with Crippen molar-refractivity contribution < 1.29 is 9.53 Å². The van der Waals surface area contributed by atoms with Gasteiger partial charge in [0.25, 0.3) is 0 Å². The Labute approximate surface area is 123 Å². The summed E-state index contributed by atoms with van der Waals surface area (Å²) in [6, 6.07) is 12.8. The molecule has 2 aromatic rings. The van der Waals surface area contributed by atoms with E-state index >= 15 is 0 Å². The number of hydrogen-bond donors (Lipinski definition) is 0. The molecule has 1 aliphatic carbocycles. The van der Waals surface area contributed by atoms with Crippen LogP contribution in [0.15, 0.2) is 42.5 Å². The molecule has 0 amide bonds. The summed E-state index contributed by atoms with van der Waals surface area (Å²) in [6.45, 7) is 0. The number of ether oxygens (including phenoxy) is 1. The van der Waals surface area contributed by atoms with Crippen molar-refractivity contribution in [2.24, 2.45) is 0 Å². The average Bonchev–Trinajstić information content (AvgIpc) is 2.47. The van der Waals surface area contributed by atoms with Crippen molar-refractivity contribution >= 4 is 17.6 Å². The lowest BCUT2D eigenvalue weighted by molar-refractivity contribution is 0.0735. The van der Waals surface area contributed by atoms with E-state index in [1.807, 2.05) is 12.1 Å². The lowest BCUT2D eigenvalue weighted by Gasteiger charge is -2.16. The second-order valence-corrected chi connectivity index (χ2v) is 5.41. The standard InChI is InChI=1S/C17H15ClO2/c18-16-8-4-3-7-15(16)17(19)20-14-10-9-12-5-1-2-6-13(12)11-14/h3-4,7-11H,1-2,5-6H2. The van der Waals surface area contributed by atoms with E-state index in [1.165, 1.54) is 24.0 Å². The second-order valence-electron chi connectivity index (χ2n) is 5.01. The van der Waals surface area contributed by atoms with Gasteiger partial charge in [-0.05, 0) is 61.1 Å². The van der Waals surface area contributed by atoms with E-state index in [0.29, 0.717) is 16.3 Å². The molecule has 0 aromatic heterocycles. The fourth-order valence-corrected chi connectivity index (χ4v) is 2.77. The first-order chi connectivity index (χ1) is 9.74. The van der Waals surface area contributed by atoms with Crippen molar-refractivity contribution in [3.63, 3.8) is 0 Å². The van der Waals surface area contributed by atoms with Crippen LogP contribution in [0.3, 0.4) is 0 Å². The summed E-state index contributed by atoms with van der Waals surface area (Å²) in [7, 11) is 0. The molecule has 2 aromatic carbocycles. The number of aryl methyl sites for hydroxylation is 2. The van der Waals surface area contributed by atoms with E-state index < -0.39 is 5.97 Å². The van der Waals surface area contributed by atoms with Gasteiger partial charge in [0.05, 0.1) is 10.6 Å².